The number of ether oxygens (including phenoxy) is 1. The van der Waals surface area contributed by atoms with Gasteiger partial charge in [0.05, 0.1) is 12.8 Å². The van der Waals surface area contributed by atoms with E-state index in [4.69, 9.17) is 16.3 Å². The molecule has 0 unspecified atom stereocenters. The third kappa shape index (κ3) is 5.00. The van der Waals surface area contributed by atoms with Crippen LogP contribution in [-0.4, -0.2) is 13.0 Å². The number of anilines is 1. The first-order chi connectivity index (χ1) is 12.0. The predicted octanol–water partition coefficient (Wildman–Crippen LogP) is 3.79. The number of nitrogens with zero attached hydrogens (tertiary/aromatic N) is 1. The number of nitriles is 1. The lowest BCUT2D eigenvalue weighted by Gasteiger charge is -2.10. The van der Waals surface area contributed by atoms with Crippen molar-refractivity contribution in [1.29, 1.82) is 5.26 Å². The van der Waals surface area contributed by atoms with Crippen molar-refractivity contribution in [3.05, 3.63) is 70.4 Å². The summed E-state index contributed by atoms with van der Waals surface area (Å²) in [6, 6.07) is 14.7. The summed E-state index contributed by atoms with van der Waals surface area (Å²) >= 11 is 6.05. The molecule has 2 aromatic rings. The van der Waals surface area contributed by atoms with E-state index in [0.717, 1.165) is 11.1 Å². The molecule has 0 saturated heterocycles. The van der Waals surface area contributed by atoms with Crippen molar-refractivity contribution in [2.45, 2.75) is 13.5 Å². The Bertz CT molecular complexity index is 841. The summed E-state index contributed by atoms with van der Waals surface area (Å²) in [5.41, 5.74) is 2.44. The number of carbonyl (C=O) groups excluding carboxylic acids is 1. The van der Waals surface area contributed by atoms with E-state index in [1.807, 2.05) is 49.4 Å². The van der Waals surface area contributed by atoms with Gasteiger partial charge in [0.25, 0.3) is 5.91 Å². The molecule has 2 rings (SSSR count). The maximum absolute atomic E-state index is 12.2. The van der Waals surface area contributed by atoms with E-state index in [0.29, 0.717) is 16.5 Å². The molecule has 0 radical (unpaired) electrons. The molecule has 0 aliphatic rings. The normalized spacial score (nSPS) is 10.7. The van der Waals surface area contributed by atoms with E-state index >= 15 is 0 Å². The van der Waals surface area contributed by atoms with E-state index in [1.54, 1.807) is 13.2 Å². The zero-order valence-corrected chi connectivity index (χ0v) is 14.7. The van der Waals surface area contributed by atoms with E-state index in [9.17, 15) is 10.1 Å². The van der Waals surface area contributed by atoms with Crippen molar-refractivity contribution < 1.29 is 9.53 Å². The van der Waals surface area contributed by atoms with E-state index in [2.05, 4.69) is 10.6 Å². The fraction of sp³-hybridized carbons (Fsp3) is 0.158. The molecule has 0 aliphatic carbocycles. The summed E-state index contributed by atoms with van der Waals surface area (Å²) in [4.78, 5) is 12.2. The number of carbonyl (C=O) groups is 1. The molecule has 128 valence electrons. The van der Waals surface area contributed by atoms with Crippen LogP contribution in [0.4, 0.5) is 5.69 Å². The van der Waals surface area contributed by atoms with Gasteiger partial charge in [0.15, 0.2) is 0 Å². The fourth-order valence-electron chi connectivity index (χ4n) is 2.15. The summed E-state index contributed by atoms with van der Waals surface area (Å²) in [7, 11) is 1.56. The molecule has 0 spiro atoms. The van der Waals surface area contributed by atoms with Gasteiger partial charge in [-0.2, -0.15) is 5.26 Å². The highest BCUT2D eigenvalue weighted by Gasteiger charge is 2.10. The Labute approximate surface area is 151 Å². The second-order valence-electron chi connectivity index (χ2n) is 5.29. The second kappa shape index (κ2) is 8.76. The fourth-order valence-corrected chi connectivity index (χ4v) is 2.35. The largest absolute Gasteiger partial charge is 0.495 e. The number of nitrogens with one attached hydrogen (secondary N) is 2. The lowest BCUT2D eigenvalue weighted by atomic mass is 10.2. The molecular weight excluding hydrogens is 338 g/mol. The smallest absolute Gasteiger partial charge is 0.263 e. The van der Waals surface area contributed by atoms with Gasteiger partial charge in [-0.3, -0.25) is 4.79 Å². The highest BCUT2D eigenvalue weighted by molar-refractivity contribution is 6.31. The summed E-state index contributed by atoms with van der Waals surface area (Å²) in [5, 5.41) is 15.4. The Morgan fingerprint density at radius 2 is 2.08 bits per heavy atom. The van der Waals surface area contributed by atoms with Gasteiger partial charge < -0.3 is 15.4 Å². The molecule has 0 atom stereocenters. The Hall–Kier alpha value is -2.97. The molecule has 0 saturated carbocycles. The van der Waals surface area contributed by atoms with Gasteiger partial charge >= 0.3 is 0 Å². The average Bonchev–Trinajstić information content (AvgIpc) is 2.61. The lowest BCUT2D eigenvalue weighted by Crippen LogP contribution is -2.24. The van der Waals surface area contributed by atoms with E-state index in [-0.39, 0.29) is 12.1 Å². The van der Waals surface area contributed by atoms with Crippen LogP contribution >= 0.6 is 11.6 Å². The van der Waals surface area contributed by atoms with Gasteiger partial charge in [0.1, 0.15) is 17.4 Å². The Morgan fingerprint density at radius 3 is 2.76 bits per heavy atom. The minimum absolute atomic E-state index is 0.0457. The zero-order valence-electron chi connectivity index (χ0n) is 14.0. The van der Waals surface area contributed by atoms with Gasteiger partial charge in [-0.25, -0.2) is 0 Å². The third-order valence-corrected chi connectivity index (χ3v) is 3.86. The van der Waals surface area contributed by atoms with Crippen molar-refractivity contribution >= 4 is 23.2 Å². The Balaban J connectivity index is 2.07. The second-order valence-corrected chi connectivity index (χ2v) is 5.70. The minimum Gasteiger partial charge on any atom is -0.495 e. The highest BCUT2D eigenvalue weighted by Crippen LogP contribution is 2.25. The summed E-state index contributed by atoms with van der Waals surface area (Å²) < 4.78 is 5.26. The van der Waals surface area contributed by atoms with Crippen LogP contribution in [0.15, 0.2) is 54.2 Å². The molecule has 1 amide bonds. The van der Waals surface area contributed by atoms with Gasteiger partial charge in [-0.15, -0.1) is 0 Å². The van der Waals surface area contributed by atoms with Crippen molar-refractivity contribution in [2.75, 3.05) is 12.4 Å². The number of hydrogen-bond acceptors (Lipinski definition) is 4. The first-order valence-corrected chi connectivity index (χ1v) is 7.96. The number of rotatable bonds is 6. The van der Waals surface area contributed by atoms with E-state index < -0.39 is 5.91 Å². The molecule has 25 heavy (non-hydrogen) atoms. The van der Waals surface area contributed by atoms with Gasteiger partial charge in [0.2, 0.25) is 0 Å². The number of hydrogen-bond donors (Lipinski definition) is 2. The standard InChI is InChI=1S/C19H18ClN3O2/c1-13-7-8-18(25-2)17(9-13)22-12-15(10-21)19(24)23-11-14-5-3-4-6-16(14)20/h3-9,12,22H,11H2,1-2H3,(H,23,24)/b15-12-. The van der Waals surface area contributed by atoms with Crippen molar-refractivity contribution in [3.8, 4) is 11.8 Å². The van der Waals surface area contributed by atoms with Crippen LogP contribution in [0.25, 0.3) is 0 Å². The molecule has 0 aliphatic heterocycles. The first-order valence-electron chi connectivity index (χ1n) is 7.58. The summed E-state index contributed by atoms with van der Waals surface area (Å²) in [6.45, 7) is 2.18. The van der Waals surface area contributed by atoms with Crippen molar-refractivity contribution in [1.82, 2.24) is 5.32 Å². The molecule has 2 aromatic carbocycles. The SMILES string of the molecule is COc1ccc(C)cc1N/C=C(/C#N)C(=O)NCc1ccccc1Cl. The molecule has 5 nitrogen and oxygen atoms in total. The number of aryl methyl sites for hydroxylation is 1. The molecular formula is C19H18ClN3O2. The van der Waals surface area contributed by atoms with Crippen molar-refractivity contribution in [3.63, 3.8) is 0 Å². The van der Waals surface area contributed by atoms with Crippen LogP contribution in [-0.2, 0) is 11.3 Å². The molecule has 0 heterocycles. The van der Waals surface area contributed by atoms with Crippen LogP contribution in [0, 0.1) is 18.3 Å². The quantitative estimate of drug-likeness (QED) is 0.610. The minimum atomic E-state index is -0.485. The lowest BCUT2D eigenvalue weighted by molar-refractivity contribution is -0.117. The number of benzene rings is 2. The molecule has 0 aromatic heterocycles. The molecule has 2 N–H and O–H groups in total. The zero-order chi connectivity index (χ0) is 18.2. The molecule has 6 heteroatoms. The van der Waals surface area contributed by atoms with E-state index in [1.165, 1.54) is 6.20 Å². The topological polar surface area (TPSA) is 74.1 Å². The highest BCUT2D eigenvalue weighted by atomic mass is 35.5. The van der Waals surface area contributed by atoms with Crippen LogP contribution < -0.4 is 15.4 Å². The van der Waals surface area contributed by atoms with Crippen LogP contribution in [0.3, 0.4) is 0 Å². The summed E-state index contributed by atoms with van der Waals surface area (Å²) in [5.74, 6) is 0.136. The molecule has 0 fully saturated rings. The number of methoxy groups -OCH3 is 1. The average molecular weight is 356 g/mol. The van der Waals surface area contributed by atoms with Gasteiger partial charge in [-0.05, 0) is 36.2 Å². The maximum atomic E-state index is 12.2. The number of amides is 1. The van der Waals surface area contributed by atoms with Crippen molar-refractivity contribution in [2.24, 2.45) is 0 Å². The van der Waals surface area contributed by atoms with Crippen LogP contribution in [0.2, 0.25) is 5.02 Å². The monoisotopic (exact) mass is 355 g/mol. The Kier molecular flexibility index (Phi) is 6.44. The maximum Gasteiger partial charge on any atom is 0.263 e. The van der Waals surface area contributed by atoms with Gasteiger partial charge in [-0.1, -0.05) is 35.9 Å². The van der Waals surface area contributed by atoms with Gasteiger partial charge in [0, 0.05) is 17.8 Å². The van der Waals surface area contributed by atoms with Crippen LogP contribution in [0.1, 0.15) is 11.1 Å². The molecule has 0 bridgehead atoms. The predicted molar refractivity (Wildman–Crippen MR) is 98.3 cm³/mol. The Morgan fingerprint density at radius 1 is 1.32 bits per heavy atom. The number of halogens is 1. The summed E-state index contributed by atoms with van der Waals surface area (Å²) in [6.07, 6.45) is 1.36. The third-order valence-electron chi connectivity index (χ3n) is 3.49. The first kappa shape index (κ1) is 18.4. The van der Waals surface area contributed by atoms with Crippen LogP contribution in [0.5, 0.6) is 5.75 Å².